The minimum atomic E-state index is -0.480. The van der Waals surface area contributed by atoms with E-state index in [1.807, 2.05) is 0 Å². The van der Waals surface area contributed by atoms with Gasteiger partial charge in [-0.1, -0.05) is 0 Å². The van der Waals surface area contributed by atoms with Crippen molar-refractivity contribution in [1.29, 1.82) is 0 Å². The molecule has 0 aliphatic carbocycles. The zero-order valence-electron chi connectivity index (χ0n) is 11.4. The Morgan fingerprint density at radius 1 is 1.29 bits per heavy atom. The third-order valence-corrected chi connectivity index (χ3v) is 4.01. The Labute approximate surface area is 121 Å². The van der Waals surface area contributed by atoms with Gasteiger partial charge in [0.1, 0.15) is 6.04 Å². The van der Waals surface area contributed by atoms with Crippen LogP contribution in [0, 0.1) is 10.1 Å². The van der Waals surface area contributed by atoms with Crippen LogP contribution in [0.3, 0.4) is 0 Å². The second-order valence-corrected chi connectivity index (χ2v) is 5.33. The molecule has 0 spiro atoms. The van der Waals surface area contributed by atoms with E-state index < -0.39 is 11.0 Å². The second kappa shape index (κ2) is 5.16. The Balaban J connectivity index is 1.88. The fourth-order valence-electron chi connectivity index (χ4n) is 2.92. The lowest BCUT2D eigenvalue weighted by Crippen LogP contribution is -2.45. The van der Waals surface area contributed by atoms with Gasteiger partial charge in [0.2, 0.25) is 5.91 Å². The predicted molar refractivity (Wildman–Crippen MR) is 73.6 cm³/mol. The van der Waals surface area contributed by atoms with E-state index in [0.717, 1.165) is 12.8 Å². The van der Waals surface area contributed by atoms with Crippen LogP contribution in [-0.4, -0.2) is 34.2 Å². The first kappa shape index (κ1) is 13.5. The van der Waals surface area contributed by atoms with Crippen LogP contribution in [0.2, 0.25) is 0 Å². The fourth-order valence-corrected chi connectivity index (χ4v) is 2.92. The number of benzene rings is 1. The van der Waals surface area contributed by atoms with E-state index >= 15 is 0 Å². The van der Waals surface area contributed by atoms with Gasteiger partial charge >= 0.3 is 0 Å². The van der Waals surface area contributed by atoms with E-state index in [-0.39, 0.29) is 24.0 Å². The van der Waals surface area contributed by atoms with Gasteiger partial charge in [0, 0.05) is 30.8 Å². The molecule has 7 heteroatoms. The quantitative estimate of drug-likeness (QED) is 0.654. The number of non-ortho nitro benzene ring substituents is 1. The number of fused-ring (bicyclic) bond motifs is 1. The summed E-state index contributed by atoms with van der Waals surface area (Å²) in [5.41, 5.74) is 1.04. The van der Waals surface area contributed by atoms with Crippen LogP contribution in [0.4, 0.5) is 5.69 Å². The van der Waals surface area contributed by atoms with Crippen molar-refractivity contribution in [1.82, 2.24) is 10.2 Å². The minimum Gasteiger partial charge on any atom is -0.354 e. The van der Waals surface area contributed by atoms with Gasteiger partial charge in [0.15, 0.2) is 0 Å². The number of hydrogen-bond donors (Lipinski definition) is 1. The lowest BCUT2D eigenvalue weighted by Gasteiger charge is -2.25. The number of nitro benzene ring substituents is 1. The van der Waals surface area contributed by atoms with Crippen LogP contribution in [0.25, 0.3) is 0 Å². The van der Waals surface area contributed by atoms with Crippen molar-refractivity contribution in [3.05, 3.63) is 39.4 Å². The molecule has 0 saturated carbocycles. The van der Waals surface area contributed by atoms with Crippen molar-refractivity contribution in [2.75, 3.05) is 6.54 Å². The van der Waals surface area contributed by atoms with Crippen LogP contribution in [0.15, 0.2) is 18.2 Å². The number of nitrogens with one attached hydrogen (secondary N) is 1. The zero-order valence-corrected chi connectivity index (χ0v) is 11.4. The number of carbonyl (C=O) groups is 2. The lowest BCUT2D eigenvalue weighted by atomic mass is 10.1. The number of nitrogens with zero attached hydrogens (tertiary/aromatic N) is 2. The van der Waals surface area contributed by atoms with E-state index in [4.69, 9.17) is 0 Å². The molecule has 0 radical (unpaired) electrons. The Bertz CT molecular complexity index is 629. The average Bonchev–Trinajstić information content (AvgIpc) is 2.64. The molecule has 3 rings (SSSR count). The van der Waals surface area contributed by atoms with E-state index in [2.05, 4.69) is 5.32 Å². The van der Waals surface area contributed by atoms with Gasteiger partial charge in [-0.05, 0) is 30.9 Å². The van der Waals surface area contributed by atoms with Crippen molar-refractivity contribution < 1.29 is 14.5 Å². The summed E-state index contributed by atoms with van der Waals surface area (Å²) in [6.45, 7) is 0.893. The topological polar surface area (TPSA) is 92.6 Å². The molecule has 2 aliphatic heterocycles. The zero-order chi connectivity index (χ0) is 15.0. The molecule has 2 amide bonds. The maximum absolute atomic E-state index is 12.4. The van der Waals surface area contributed by atoms with Crippen molar-refractivity contribution in [2.45, 2.75) is 31.8 Å². The Hall–Kier alpha value is -2.44. The van der Waals surface area contributed by atoms with Gasteiger partial charge in [0.05, 0.1) is 4.92 Å². The smallest absolute Gasteiger partial charge is 0.269 e. The van der Waals surface area contributed by atoms with Crippen molar-refractivity contribution in [3.8, 4) is 0 Å². The Morgan fingerprint density at radius 3 is 2.86 bits per heavy atom. The molecule has 110 valence electrons. The highest BCUT2D eigenvalue weighted by Gasteiger charge is 2.37. The SMILES string of the molecule is O=C1NCCCCC1N1Cc2cc([N+](=O)[O-])ccc2C1=O. The van der Waals surface area contributed by atoms with Gasteiger partial charge in [-0.25, -0.2) is 0 Å². The van der Waals surface area contributed by atoms with Gasteiger partial charge < -0.3 is 10.2 Å². The molecular weight excluding hydrogens is 274 g/mol. The number of carbonyl (C=O) groups excluding carboxylic acids is 2. The molecule has 2 heterocycles. The first-order valence-electron chi connectivity index (χ1n) is 6.94. The van der Waals surface area contributed by atoms with E-state index in [1.165, 1.54) is 23.1 Å². The monoisotopic (exact) mass is 289 g/mol. The number of rotatable bonds is 2. The standard InChI is InChI=1S/C14H15N3O4/c18-13-12(3-1-2-6-15-13)16-8-9-7-10(17(20)21)4-5-11(9)14(16)19/h4-5,7,12H,1-3,6,8H2,(H,15,18). The molecule has 2 aliphatic rings. The summed E-state index contributed by atoms with van der Waals surface area (Å²) in [5.74, 6) is -0.356. The summed E-state index contributed by atoms with van der Waals surface area (Å²) in [4.78, 5) is 36.3. The Kier molecular flexibility index (Phi) is 3.32. The van der Waals surface area contributed by atoms with Crippen LogP contribution in [0.1, 0.15) is 35.2 Å². The highest BCUT2D eigenvalue weighted by atomic mass is 16.6. The van der Waals surface area contributed by atoms with Gasteiger partial charge in [-0.2, -0.15) is 0 Å². The molecule has 0 bridgehead atoms. The predicted octanol–water partition coefficient (Wildman–Crippen LogP) is 1.22. The van der Waals surface area contributed by atoms with E-state index in [9.17, 15) is 19.7 Å². The first-order chi connectivity index (χ1) is 10.1. The van der Waals surface area contributed by atoms with Gasteiger partial charge in [-0.3, -0.25) is 19.7 Å². The van der Waals surface area contributed by atoms with Gasteiger partial charge in [0.25, 0.3) is 11.6 Å². The Morgan fingerprint density at radius 2 is 2.10 bits per heavy atom. The van der Waals surface area contributed by atoms with Crippen molar-refractivity contribution in [2.24, 2.45) is 0 Å². The molecule has 1 aromatic rings. The maximum atomic E-state index is 12.4. The highest BCUT2D eigenvalue weighted by Crippen LogP contribution is 2.29. The van der Waals surface area contributed by atoms with Crippen LogP contribution >= 0.6 is 0 Å². The lowest BCUT2D eigenvalue weighted by molar-refractivity contribution is -0.384. The summed E-state index contributed by atoms with van der Waals surface area (Å²) in [5, 5.41) is 13.6. The summed E-state index contributed by atoms with van der Waals surface area (Å²) in [6.07, 6.45) is 2.42. The summed E-state index contributed by atoms with van der Waals surface area (Å²) < 4.78 is 0. The second-order valence-electron chi connectivity index (χ2n) is 5.33. The van der Waals surface area contributed by atoms with E-state index in [1.54, 1.807) is 0 Å². The minimum absolute atomic E-state index is 0.0336. The third-order valence-electron chi connectivity index (χ3n) is 4.01. The summed E-state index contributed by atoms with van der Waals surface area (Å²) in [7, 11) is 0. The molecule has 1 aromatic carbocycles. The van der Waals surface area contributed by atoms with Gasteiger partial charge in [-0.15, -0.1) is 0 Å². The molecule has 7 nitrogen and oxygen atoms in total. The normalized spacial score (nSPS) is 21.7. The molecule has 1 fully saturated rings. The highest BCUT2D eigenvalue weighted by molar-refractivity contribution is 6.01. The number of nitro groups is 1. The molecular formula is C14H15N3O4. The molecule has 1 saturated heterocycles. The molecule has 21 heavy (non-hydrogen) atoms. The largest absolute Gasteiger partial charge is 0.354 e. The fraction of sp³-hybridized carbons (Fsp3) is 0.429. The van der Waals surface area contributed by atoms with E-state index in [0.29, 0.717) is 24.1 Å². The van der Waals surface area contributed by atoms with Crippen molar-refractivity contribution >= 4 is 17.5 Å². The summed E-state index contributed by atoms with van der Waals surface area (Å²) >= 11 is 0. The van der Waals surface area contributed by atoms with Crippen LogP contribution < -0.4 is 5.32 Å². The third kappa shape index (κ3) is 2.35. The number of amides is 2. The molecule has 1 atom stereocenters. The van der Waals surface area contributed by atoms with Crippen LogP contribution in [0.5, 0.6) is 0 Å². The van der Waals surface area contributed by atoms with Crippen molar-refractivity contribution in [3.63, 3.8) is 0 Å². The number of hydrogen-bond acceptors (Lipinski definition) is 4. The van der Waals surface area contributed by atoms with Crippen LogP contribution in [-0.2, 0) is 11.3 Å². The average molecular weight is 289 g/mol. The first-order valence-corrected chi connectivity index (χ1v) is 6.94. The molecule has 0 aromatic heterocycles. The molecule has 1 N–H and O–H groups in total. The summed E-state index contributed by atoms with van der Waals surface area (Å²) in [6, 6.07) is 3.74. The maximum Gasteiger partial charge on any atom is 0.269 e. The molecule has 1 unspecified atom stereocenters.